The number of hydrogen-bond acceptors (Lipinski definition) is 4. The van der Waals surface area contributed by atoms with E-state index in [0.29, 0.717) is 11.5 Å². The average molecular weight is 891 g/mol. The third-order valence-electron chi connectivity index (χ3n) is 10.7. The zero-order chi connectivity index (χ0) is 36.3. The molecule has 0 amide bonds. The van der Waals surface area contributed by atoms with Crippen LogP contribution in [0, 0.1) is 26.0 Å². The maximum absolute atomic E-state index is 6.57. The number of nitrogens with zero attached hydrogens (tertiary/aromatic N) is 5. The first-order valence-electron chi connectivity index (χ1n) is 18.2. The van der Waals surface area contributed by atoms with E-state index in [2.05, 4.69) is 174 Å². The van der Waals surface area contributed by atoms with E-state index < -0.39 is 0 Å². The fraction of sp³-hybridized carbons (Fsp3) is 0.0638. The topological polar surface area (TPSA) is 48.1 Å². The molecule has 0 atom stereocenters. The minimum absolute atomic E-state index is 0. The van der Waals surface area contributed by atoms with Crippen LogP contribution in [0.5, 0.6) is 11.5 Å². The molecule has 8 heteroatoms. The van der Waals surface area contributed by atoms with Gasteiger partial charge in [-0.3, -0.25) is 4.98 Å². The minimum atomic E-state index is -0.168. The van der Waals surface area contributed by atoms with Crippen LogP contribution in [-0.2, 0) is 21.1 Å². The van der Waals surface area contributed by atoms with Gasteiger partial charge in [0.05, 0.1) is 0 Å². The summed E-state index contributed by atoms with van der Waals surface area (Å²) in [5, 5.41) is 2.23. The number of rotatable bonds is 6. The summed E-state index contributed by atoms with van der Waals surface area (Å²) >= 11 is 0. The van der Waals surface area contributed by atoms with Gasteiger partial charge in [0, 0.05) is 41.4 Å². The summed E-state index contributed by atoms with van der Waals surface area (Å²) in [4.78, 5) is 12.1. The van der Waals surface area contributed by atoms with Crippen LogP contribution in [-0.4, -0.2) is 33.0 Å². The predicted molar refractivity (Wildman–Crippen MR) is 220 cm³/mol. The van der Waals surface area contributed by atoms with Gasteiger partial charge in [0.2, 0.25) is 0 Å². The molecule has 9 aromatic rings. The third kappa shape index (κ3) is 5.78. The molecule has 0 saturated carbocycles. The molecular weight excluding hydrogens is 856 g/mol. The van der Waals surface area contributed by atoms with Crippen LogP contribution < -0.4 is 15.0 Å². The first kappa shape index (κ1) is 34.6. The molecule has 6 nitrogen and oxygen atoms in total. The Bertz CT molecular complexity index is 2810. The number of aryl methyl sites for hydroxylation is 2. The van der Waals surface area contributed by atoms with Crippen LogP contribution in [0.2, 0.25) is 0 Å². The number of pyridine rings is 1. The molecule has 0 radical (unpaired) electrons. The molecule has 10 rings (SSSR count). The number of hydrogen-bond donors (Lipinski definition) is 0. The van der Waals surface area contributed by atoms with Crippen molar-refractivity contribution in [1.29, 1.82) is 0 Å². The van der Waals surface area contributed by atoms with E-state index in [4.69, 9.17) is 14.7 Å². The van der Waals surface area contributed by atoms with E-state index in [0.717, 1.165) is 50.3 Å². The van der Waals surface area contributed by atoms with Gasteiger partial charge in [0.1, 0.15) is 5.82 Å². The van der Waals surface area contributed by atoms with Crippen molar-refractivity contribution >= 4 is 39.9 Å². The van der Waals surface area contributed by atoms with Gasteiger partial charge in [-0.1, -0.05) is 126 Å². The summed E-state index contributed by atoms with van der Waals surface area (Å²) in [7, 11) is 2.15. The molecule has 0 fully saturated rings. The largest absolute Gasteiger partial charge is 2.00 e. The molecule has 3 aromatic heterocycles. The maximum Gasteiger partial charge on any atom is 2.00 e. The minimum Gasteiger partial charge on any atom is -0.503 e. The molecule has 0 aliphatic carbocycles. The fourth-order valence-electron chi connectivity index (χ4n) is 7.95. The fourth-order valence-corrected chi connectivity index (χ4v) is 7.95. The number of para-hydroxylation sites is 1. The van der Waals surface area contributed by atoms with Crippen LogP contribution >= 0.6 is 0 Å². The zero-order valence-electron chi connectivity index (χ0n) is 30.5. The number of fused-ring (bicyclic) bond motifs is 6. The standard InChI is InChI=1S/C47H34BN5O.Pt/c1-31-27-45(50-30-32(31)2)53-43-20-11-10-17-39(43)40-23-21-36(29-44(40)53)54-35-22-24-42-41(28-35)47-49-25-26-52(47)48(51(42)3)46-37(33-13-6-4-7-14-33)18-12-19-38(46)34-15-8-5-9-16-34;/h4-27,30H,1-3H3;/q-2;+2. The van der Waals surface area contributed by atoms with Crippen molar-refractivity contribution < 1.29 is 25.8 Å². The molecule has 55 heavy (non-hydrogen) atoms. The summed E-state index contributed by atoms with van der Waals surface area (Å²) in [6.07, 6.45) is 5.88. The van der Waals surface area contributed by atoms with Crippen molar-refractivity contribution in [2.45, 2.75) is 13.8 Å². The summed E-state index contributed by atoms with van der Waals surface area (Å²) < 4.78 is 11.0. The van der Waals surface area contributed by atoms with E-state index in [1.54, 1.807) is 0 Å². The zero-order valence-corrected chi connectivity index (χ0v) is 32.7. The van der Waals surface area contributed by atoms with Gasteiger partial charge in [0.15, 0.2) is 0 Å². The van der Waals surface area contributed by atoms with Crippen LogP contribution in [0.15, 0.2) is 152 Å². The van der Waals surface area contributed by atoms with Gasteiger partial charge in [0.25, 0.3) is 0 Å². The van der Waals surface area contributed by atoms with E-state index >= 15 is 0 Å². The first-order chi connectivity index (χ1) is 26.5. The van der Waals surface area contributed by atoms with Gasteiger partial charge in [-0.2, -0.15) is 6.07 Å². The molecule has 0 saturated heterocycles. The molecule has 1 aliphatic rings. The second kappa shape index (κ2) is 13.9. The van der Waals surface area contributed by atoms with Crippen molar-refractivity contribution in [2.75, 3.05) is 11.9 Å². The van der Waals surface area contributed by atoms with Gasteiger partial charge in [-0.05, 0) is 77.3 Å². The normalized spacial score (nSPS) is 12.1. The molecule has 4 heterocycles. The van der Waals surface area contributed by atoms with E-state index in [9.17, 15) is 0 Å². The molecule has 1 aliphatic heterocycles. The van der Waals surface area contributed by atoms with Crippen molar-refractivity contribution in [2.24, 2.45) is 0 Å². The summed E-state index contributed by atoms with van der Waals surface area (Å²) in [6.45, 7) is 4.04. The molecular formula is C47H34BN5OPt. The van der Waals surface area contributed by atoms with Gasteiger partial charge in [-0.25, -0.2) is 4.98 Å². The maximum atomic E-state index is 6.57. The Balaban J connectivity index is 0.00000397. The third-order valence-corrected chi connectivity index (χ3v) is 10.7. The van der Waals surface area contributed by atoms with Crippen molar-refractivity contribution in [3.8, 4) is 51.0 Å². The smallest absolute Gasteiger partial charge is 0.503 e. The van der Waals surface area contributed by atoms with Crippen LogP contribution in [0.3, 0.4) is 0 Å². The van der Waals surface area contributed by atoms with Gasteiger partial charge in [-0.15, -0.1) is 23.6 Å². The molecule has 6 aromatic carbocycles. The summed E-state index contributed by atoms with van der Waals surface area (Å²) in [6, 6.07) is 53.8. The predicted octanol–water partition coefficient (Wildman–Crippen LogP) is 10.1. The molecule has 0 bridgehead atoms. The van der Waals surface area contributed by atoms with Crippen molar-refractivity contribution in [3.63, 3.8) is 0 Å². The summed E-state index contributed by atoms with van der Waals surface area (Å²) in [5.74, 6) is 2.88. The number of benzene rings is 6. The van der Waals surface area contributed by atoms with E-state index in [-0.39, 0.29) is 28.0 Å². The number of imidazole rings is 1. The van der Waals surface area contributed by atoms with Crippen LogP contribution in [0.1, 0.15) is 11.1 Å². The van der Waals surface area contributed by atoms with Gasteiger partial charge >= 0.3 is 28.0 Å². The Hall–Kier alpha value is -6.17. The monoisotopic (exact) mass is 890 g/mol. The molecule has 0 N–H and O–H groups in total. The van der Waals surface area contributed by atoms with E-state index in [1.165, 1.54) is 33.3 Å². The Morgan fingerprint density at radius 2 is 1.33 bits per heavy atom. The molecule has 0 unspecified atom stereocenters. The van der Waals surface area contributed by atoms with Gasteiger partial charge < -0.3 is 18.6 Å². The molecule has 0 spiro atoms. The van der Waals surface area contributed by atoms with Crippen molar-refractivity contribution in [1.82, 2.24) is 19.0 Å². The number of ether oxygens (including phenoxy) is 1. The van der Waals surface area contributed by atoms with Crippen LogP contribution in [0.4, 0.5) is 5.69 Å². The van der Waals surface area contributed by atoms with E-state index in [1.807, 2.05) is 24.5 Å². The number of aromatic nitrogens is 4. The SMILES string of the molecule is Cc1cnc(-n2c3[c-]c(Oc4[c-]c5c(cc4)N(C)B(c4c(-c6ccccc6)cccc4-c4ccccc4)n4ccnc4-5)ccc3c3ccccc32)cc1C.[Pt+2]. The number of anilines is 1. The Morgan fingerprint density at radius 1 is 0.655 bits per heavy atom. The molecule has 266 valence electrons. The van der Waals surface area contributed by atoms with Crippen molar-refractivity contribution in [3.05, 3.63) is 175 Å². The Labute approximate surface area is 335 Å². The quantitative estimate of drug-likeness (QED) is 0.123. The van der Waals surface area contributed by atoms with Crippen LogP contribution in [0.25, 0.3) is 61.3 Å². The summed E-state index contributed by atoms with van der Waals surface area (Å²) in [5.41, 5.74) is 12.1. The second-order valence-electron chi connectivity index (χ2n) is 13.9. The second-order valence-corrected chi connectivity index (χ2v) is 13.9. The Morgan fingerprint density at radius 3 is 2.05 bits per heavy atom. The Kier molecular flexibility index (Phi) is 8.75. The average Bonchev–Trinajstić information content (AvgIpc) is 3.83. The first-order valence-corrected chi connectivity index (χ1v) is 18.2.